The molecule has 0 saturated carbocycles. The molecule has 1 unspecified atom stereocenters. The number of para-hydroxylation sites is 1. The monoisotopic (exact) mass is 213 g/mol. The van der Waals surface area contributed by atoms with Crippen LogP contribution in [-0.4, -0.2) is 13.2 Å². The Morgan fingerprint density at radius 3 is 2.93 bits per heavy atom. The lowest BCUT2D eigenvalue weighted by atomic mass is 9.94. The number of nitrogens with two attached hydrogens (primary N) is 1. The maximum atomic E-state index is 5.63. The molecule has 3 heteroatoms. The fourth-order valence-corrected chi connectivity index (χ4v) is 1.81. The molecule has 1 heterocycles. The Kier molecular flexibility index (Phi) is 4.23. The molecule has 0 bridgehead atoms. The first-order chi connectivity index (χ1) is 6.40. The highest BCUT2D eigenvalue weighted by Crippen LogP contribution is 2.27. The number of hydrogen-bond donors (Lipinski definition) is 1. The maximum Gasteiger partial charge on any atom is 0.122 e. The molecule has 1 aromatic carbocycles. The van der Waals surface area contributed by atoms with Gasteiger partial charge in [-0.2, -0.15) is 0 Å². The average molecular weight is 214 g/mol. The third kappa shape index (κ3) is 2.40. The van der Waals surface area contributed by atoms with E-state index in [1.807, 2.05) is 12.1 Å². The van der Waals surface area contributed by atoms with Crippen molar-refractivity contribution < 1.29 is 4.74 Å². The average Bonchev–Trinajstić information content (AvgIpc) is 2.18. The van der Waals surface area contributed by atoms with Crippen LogP contribution in [0.3, 0.4) is 0 Å². The largest absolute Gasteiger partial charge is 0.493 e. The summed E-state index contributed by atoms with van der Waals surface area (Å²) in [5, 5.41) is 0. The van der Waals surface area contributed by atoms with Crippen LogP contribution in [0.5, 0.6) is 5.75 Å². The minimum absolute atomic E-state index is 0. The van der Waals surface area contributed by atoms with E-state index in [-0.39, 0.29) is 12.4 Å². The maximum absolute atomic E-state index is 5.63. The Morgan fingerprint density at radius 2 is 2.14 bits per heavy atom. The lowest BCUT2D eigenvalue weighted by Gasteiger charge is -2.24. The molecule has 78 valence electrons. The third-order valence-corrected chi connectivity index (χ3v) is 2.53. The highest BCUT2D eigenvalue weighted by atomic mass is 35.5. The Bertz CT molecular complexity index is 290. The van der Waals surface area contributed by atoms with Crippen molar-refractivity contribution in [2.75, 3.05) is 13.2 Å². The number of fused-ring (bicyclic) bond motifs is 1. The first kappa shape index (κ1) is 11.3. The molecule has 2 N–H and O–H groups in total. The summed E-state index contributed by atoms with van der Waals surface area (Å²) in [7, 11) is 0. The number of halogens is 1. The minimum atomic E-state index is 0. The highest BCUT2D eigenvalue weighted by molar-refractivity contribution is 5.85. The lowest BCUT2D eigenvalue weighted by molar-refractivity contribution is 0.216. The topological polar surface area (TPSA) is 35.2 Å². The normalized spacial score (nSPS) is 19.1. The number of rotatable bonds is 2. The molecule has 1 aliphatic rings. The van der Waals surface area contributed by atoms with E-state index in [1.54, 1.807) is 0 Å². The molecule has 0 aliphatic carbocycles. The molecule has 2 rings (SSSR count). The van der Waals surface area contributed by atoms with Crippen LogP contribution in [0.1, 0.15) is 12.0 Å². The predicted molar refractivity (Wildman–Crippen MR) is 60.1 cm³/mol. The van der Waals surface area contributed by atoms with Crippen LogP contribution in [0.25, 0.3) is 0 Å². The molecule has 0 radical (unpaired) electrons. The minimum Gasteiger partial charge on any atom is -0.493 e. The molecular weight excluding hydrogens is 198 g/mol. The van der Waals surface area contributed by atoms with Crippen LogP contribution >= 0.6 is 12.4 Å². The molecule has 0 aromatic heterocycles. The number of hydrogen-bond acceptors (Lipinski definition) is 2. The molecule has 2 nitrogen and oxygen atoms in total. The second-order valence-electron chi connectivity index (χ2n) is 3.57. The van der Waals surface area contributed by atoms with Crippen LogP contribution < -0.4 is 10.5 Å². The SMILES string of the molecule is Cl.NCCC1COc2ccccc2C1. The predicted octanol–water partition coefficient (Wildman–Crippen LogP) is 2.01. The van der Waals surface area contributed by atoms with E-state index in [0.717, 1.165) is 31.7 Å². The molecule has 1 aromatic rings. The summed E-state index contributed by atoms with van der Waals surface area (Å²) in [5.74, 6) is 1.66. The summed E-state index contributed by atoms with van der Waals surface area (Å²) in [6.45, 7) is 1.59. The molecular formula is C11H16ClNO. The van der Waals surface area contributed by atoms with E-state index in [4.69, 9.17) is 10.5 Å². The summed E-state index contributed by atoms with van der Waals surface area (Å²) >= 11 is 0. The second-order valence-corrected chi connectivity index (χ2v) is 3.57. The Hall–Kier alpha value is -0.730. The van der Waals surface area contributed by atoms with E-state index in [0.29, 0.717) is 5.92 Å². The standard InChI is InChI=1S/C11H15NO.ClH/c12-6-5-9-7-10-3-1-2-4-11(10)13-8-9;/h1-4,9H,5-8,12H2;1H. The van der Waals surface area contributed by atoms with Crippen LogP contribution in [0.15, 0.2) is 24.3 Å². The molecule has 14 heavy (non-hydrogen) atoms. The Labute approximate surface area is 90.9 Å². The van der Waals surface area contributed by atoms with Crippen molar-refractivity contribution in [2.24, 2.45) is 11.7 Å². The van der Waals surface area contributed by atoms with Crippen molar-refractivity contribution in [2.45, 2.75) is 12.8 Å². The third-order valence-electron chi connectivity index (χ3n) is 2.53. The molecule has 1 aliphatic heterocycles. The van der Waals surface area contributed by atoms with Gasteiger partial charge < -0.3 is 10.5 Å². The molecule has 1 atom stereocenters. The van der Waals surface area contributed by atoms with E-state index in [1.165, 1.54) is 5.56 Å². The van der Waals surface area contributed by atoms with Crippen LogP contribution in [0.2, 0.25) is 0 Å². The smallest absolute Gasteiger partial charge is 0.122 e. The lowest BCUT2D eigenvalue weighted by Crippen LogP contribution is -2.23. The number of ether oxygens (including phenoxy) is 1. The van der Waals surface area contributed by atoms with Crippen LogP contribution in [0.4, 0.5) is 0 Å². The molecule has 0 spiro atoms. The van der Waals surface area contributed by atoms with Crippen molar-refractivity contribution in [3.8, 4) is 5.75 Å². The Balaban J connectivity index is 0.000000980. The van der Waals surface area contributed by atoms with Crippen molar-refractivity contribution in [1.82, 2.24) is 0 Å². The summed E-state index contributed by atoms with van der Waals surface area (Å²) in [4.78, 5) is 0. The number of benzene rings is 1. The van der Waals surface area contributed by atoms with Gasteiger partial charge in [-0.05, 0) is 36.9 Å². The van der Waals surface area contributed by atoms with Gasteiger partial charge in [0, 0.05) is 0 Å². The Morgan fingerprint density at radius 1 is 1.36 bits per heavy atom. The van der Waals surface area contributed by atoms with Gasteiger partial charge in [-0.1, -0.05) is 18.2 Å². The van der Waals surface area contributed by atoms with Crippen molar-refractivity contribution in [3.63, 3.8) is 0 Å². The second kappa shape index (κ2) is 5.23. The van der Waals surface area contributed by atoms with E-state index in [2.05, 4.69) is 12.1 Å². The molecule has 0 amide bonds. The fraction of sp³-hybridized carbons (Fsp3) is 0.455. The summed E-state index contributed by atoms with van der Waals surface area (Å²) < 4.78 is 5.63. The summed E-state index contributed by atoms with van der Waals surface area (Å²) in [6, 6.07) is 8.25. The van der Waals surface area contributed by atoms with E-state index < -0.39 is 0 Å². The zero-order valence-corrected chi connectivity index (χ0v) is 8.93. The molecule has 0 saturated heterocycles. The fourth-order valence-electron chi connectivity index (χ4n) is 1.81. The summed E-state index contributed by atoms with van der Waals surface area (Å²) in [5.41, 5.74) is 6.85. The quantitative estimate of drug-likeness (QED) is 0.816. The van der Waals surface area contributed by atoms with Crippen molar-refractivity contribution >= 4 is 12.4 Å². The van der Waals surface area contributed by atoms with Gasteiger partial charge in [-0.3, -0.25) is 0 Å². The van der Waals surface area contributed by atoms with Gasteiger partial charge in [0.15, 0.2) is 0 Å². The van der Waals surface area contributed by atoms with E-state index in [9.17, 15) is 0 Å². The van der Waals surface area contributed by atoms with Crippen LogP contribution in [0, 0.1) is 5.92 Å². The summed E-state index contributed by atoms with van der Waals surface area (Å²) in [6.07, 6.45) is 2.18. The van der Waals surface area contributed by atoms with Crippen molar-refractivity contribution in [3.05, 3.63) is 29.8 Å². The van der Waals surface area contributed by atoms with Gasteiger partial charge in [0.1, 0.15) is 5.75 Å². The van der Waals surface area contributed by atoms with Gasteiger partial charge in [-0.25, -0.2) is 0 Å². The van der Waals surface area contributed by atoms with Gasteiger partial charge in [0.2, 0.25) is 0 Å². The van der Waals surface area contributed by atoms with Gasteiger partial charge in [0.25, 0.3) is 0 Å². The van der Waals surface area contributed by atoms with Crippen LogP contribution in [-0.2, 0) is 6.42 Å². The molecule has 0 fully saturated rings. The van der Waals surface area contributed by atoms with Crippen molar-refractivity contribution in [1.29, 1.82) is 0 Å². The zero-order valence-electron chi connectivity index (χ0n) is 8.11. The zero-order chi connectivity index (χ0) is 9.10. The first-order valence-electron chi connectivity index (χ1n) is 4.81. The van der Waals surface area contributed by atoms with E-state index >= 15 is 0 Å². The van der Waals surface area contributed by atoms with Gasteiger partial charge in [-0.15, -0.1) is 12.4 Å². The van der Waals surface area contributed by atoms with Gasteiger partial charge >= 0.3 is 0 Å². The first-order valence-corrected chi connectivity index (χ1v) is 4.81. The highest BCUT2D eigenvalue weighted by Gasteiger charge is 2.18. The van der Waals surface area contributed by atoms with Gasteiger partial charge in [0.05, 0.1) is 6.61 Å².